The van der Waals surface area contributed by atoms with Crippen molar-refractivity contribution >= 4 is 22.8 Å². The van der Waals surface area contributed by atoms with Crippen LogP contribution in [0.2, 0.25) is 0 Å². The molecule has 2 bridgehead atoms. The molecule has 5 rings (SSSR count). The minimum atomic E-state index is -2.71. The summed E-state index contributed by atoms with van der Waals surface area (Å²) in [6, 6.07) is 6.37. The molecule has 7 nitrogen and oxygen atoms in total. The van der Waals surface area contributed by atoms with E-state index in [2.05, 4.69) is 15.3 Å². The summed E-state index contributed by atoms with van der Waals surface area (Å²) in [6.07, 6.45) is 4.45. The third-order valence-corrected chi connectivity index (χ3v) is 5.68. The maximum absolute atomic E-state index is 13.8. The largest absolute Gasteiger partial charge is 0.375 e. The topological polar surface area (TPSA) is 78.4 Å². The summed E-state index contributed by atoms with van der Waals surface area (Å²) in [5.74, 6) is -3.74. The monoisotopic (exact) mass is 411 g/mol. The highest BCUT2D eigenvalue weighted by Crippen LogP contribution is 2.36. The lowest BCUT2D eigenvalue weighted by Crippen LogP contribution is -2.43. The second-order valence-electron chi connectivity index (χ2n) is 7.62. The molecule has 1 saturated heterocycles. The molecule has 0 aliphatic carbocycles. The summed E-state index contributed by atoms with van der Waals surface area (Å²) >= 11 is 0. The third-order valence-electron chi connectivity index (χ3n) is 5.68. The molecule has 1 aromatic carbocycles. The maximum Gasteiger partial charge on any atom is 0.285 e. The zero-order valence-corrected chi connectivity index (χ0v) is 16.0. The fourth-order valence-electron chi connectivity index (χ4n) is 4.19. The van der Waals surface area contributed by atoms with Crippen molar-refractivity contribution in [3.05, 3.63) is 59.8 Å². The van der Waals surface area contributed by atoms with E-state index in [9.17, 15) is 18.4 Å². The number of benzene rings is 1. The van der Waals surface area contributed by atoms with Gasteiger partial charge in [-0.2, -0.15) is 0 Å². The summed E-state index contributed by atoms with van der Waals surface area (Å²) in [5.41, 5.74) is 2.23. The molecule has 154 valence electrons. The summed E-state index contributed by atoms with van der Waals surface area (Å²) < 4.78 is 27.7. The Morgan fingerprint density at radius 3 is 2.80 bits per heavy atom. The second-order valence-corrected chi connectivity index (χ2v) is 7.62. The number of hydrogen-bond acceptors (Lipinski definition) is 6. The molecule has 2 amide bonds. The Morgan fingerprint density at radius 2 is 1.97 bits per heavy atom. The van der Waals surface area contributed by atoms with E-state index < -0.39 is 23.8 Å². The molecule has 1 fully saturated rings. The quantitative estimate of drug-likeness (QED) is 0.765. The van der Waals surface area contributed by atoms with Gasteiger partial charge in [0, 0.05) is 25.9 Å². The van der Waals surface area contributed by atoms with E-state index in [1.54, 1.807) is 35.4 Å². The number of aromatic nitrogens is 2. The maximum atomic E-state index is 13.8. The Morgan fingerprint density at radius 1 is 1.17 bits per heavy atom. The van der Waals surface area contributed by atoms with Crippen LogP contribution < -0.4 is 5.32 Å². The normalized spacial score (nSPS) is 23.0. The second kappa shape index (κ2) is 6.86. The minimum absolute atomic E-state index is 0.0530. The van der Waals surface area contributed by atoms with E-state index >= 15 is 0 Å². The number of carbonyl (C=O) groups is 2. The molecule has 9 heteroatoms. The standard InChI is InChI=1S/C21H19F2N5O2/c22-21(23)7-3-10-27(11-8-21)18-16-6-9-24-17(18)20(30)28(16)19(29)15-12-25-13-4-1-2-5-14(13)26-15/h1-2,4-6,9,12,17,24H,3,7-8,10-11H2. The first-order valence-electron chi connectivity index (χ1n) is 9.84. The number of allylic oxidation sites excluding steroid dienone is 1. The van der Waals surface area contributed by atoms with Gasteiger partial charge in [0.05, 0.1) is 28.6 Å². The molecule has 30 heavy (non-hydrogen) atoms. The van der Waals surface area contributed by atoms with Crippen LogP contribution in [0, 0.1) is 0 Å². The number of nitrogens with one attached hydrogen (secondary N) is 1. The molecule has 3 aliphatic rings. The summed E-state index contributed by atoms with van der Waals surface area (Å²) in [4.78, 5) is 37.8. The first-order valence-corrected chi connectivity index (χ1v) is 9.84. The van der Waals surface area contributed by atoms with Crippen molar-refractivity contribution < 1.29 is 18.4 Å². The van der Waals surface area contributed by atoms with Crippen LogP contribution in [0.4, 0.5) is 8.78 Å². The number of likely N-dealkylation sites (tertiary alicyclic amines) is 1. The molecular formula is C21H19F2N5O2. The molecule has 0 radical (unpaired) electrons. The van der Waals surface area contributed by atoms with Gasteiger partial charge >= 0.3 is 0 Å². The Balaban J connectivity index is 1.51. The van der Waals surface area contributed by atoms with E-state index in [4.69, 9.17) is 0 Å². The van der Waals surface area contributed by atoms with E-state index in [0.29, 0.717) is 35.4 Å². The van der Waals surface area contributed by atoms with Crippen molar-refractivity contribution in [1.82, 2.24) is 25.1 Å². The van der Waals surface area contributed by atoms with Crippen LogP contribution in [0.1, 0.15) is 29.8 Å². The Hall–Kier alpha value is -3.36. The van der Waals surface area contributed by atoms with Crippen LogP contribution in [-0.2, 0) is 4.79 Å². The van der Waals surface area contributed by atoms with Crippen molar-refractivity contribution in [2.45, 2.75) is 31.2 Å². The first kappa shape index (κ1) is 18.7. The summed E-state index contributed by atoms with van der Waals surface area (Å²) in [5, 5.41) is 2.97. The van der Waals surface area contributed by atoms with Crippen LogP contribution in [-0.4, -0.2) is 56.6 Å². The number of hydrogen-bond donors (Lipinski definition) is 1. The van der Waals surface area contributed by atoms with Crippen molar-refractivity contribution in [3.63, 3.8) is 0 Å². The number of halogens is 2. The van der Waals surface area contributed by atoms with Gasteiger partial charge in [0.15, 0.2) is 0 Å². The fourth-order valence-corrected chi connectivity index (χ4v) is 4.19. The predicted octanol–water partition coefficient (Wildman–Crippen LogP) is 2.43. The highest BCUT2D eigenvalue weighted by atomic mass is 19.3. The number of dihydropyridines is 1. The van der Waals surface area contributed by atoms with Crippen LogP contribution in [0.15, 0.2) is 54.1 Å². The molecule has 4 heterocycles. The highest BCUT2D eigenvalue weighted by molar-refractivity contribution is 6.10. The van der Waals surface area contributed by atoms with Gasteiger partial charge < -0.3 is 10.2 Å². The molecule has 1 N–H and O–H groups in total. The van der Waals surface area contributed by atoms with Crippen molar-refractivity contribution in [2.75, 3.05) is 13.1 Å². The highest BCUT2D eigenvalue weighted by Gasteiger charge is 2.47. The number of para-hydroxylation sites is 2. The summed E-state index contributed by atoms with van der Waals surface area (Å²) in [6.45, 7) is 0.536. The molecule has 0 spiro atoms. The van der Waals surface area contributed by atoms with Gasteiger partial charge in [-0.15, -0.1) is 0 Å². The lowest BCUT2D eigenvalue weighted by Gasteiger charge is -2.29. The molecule has 2 aromatic rings. The average Bonchev–Trinajstić information content (AvgIpc) is 2.87. The molecule has 1 aromatic heterocycles. The van der Waals surface area contributed by atoms with Gasteiger partial charge in [-0.05, 0) is 30.8 Å². The molecule has 0 saturated carbocycles. The van der Waals surface area contributed by atoms with Crippen molar-refractivity contribution in [1.29, 1.82) is 0 Å². The number of nitrogens with zero attached hydrogens (tertiary/aromatic N) is 4. The number of imide groups is 1. The zero-order valence-electron chi connectivity index (χ0n) is 16.0. The van der Waals surface area contributed by atoms with E-state index in [0.717, 1.165) is 4.90 Å². The molecular weight excluding hydrogens is 392 g/mol. The van der Waals surface area contributed by atoms with E-state index in [-0.39, 0.29) is 25.1 Å². The van der Waals surface area contributed by atoms with E-state index in [1.807, 2.05) is 6.07 Å². The SMILES string of the molecule is O=C(c1cnc2ccccc2n1)N1C(=O)C2NC=CC1=C2N1CCCC(F)(F)CC1. The Kier molecular flexibility index (Phi) is 4.27. The van der Waals surface area contributed by atoms with E-state index in [1.165, 1.54) is 6.20 Å². The zero-order chi connectivity index (χ0) is 20.9. The minimum Gasteiger partial charge on any atom is -0.375 e. The van der Waals surface area contributed by atoms with Crippen LogP contribution in [0.3, 0.4) is 0 Å². The number of rotatable bonds is 2. The van der Waals surface area contributed by atoms with Crippen LogP contribution in [0.25, 0.3) is 11.0 Å². The lowest BCUT2D eigenvalue weighted by atomic mass is 10.1. The van der Waals surface area contributed by atoms with Gasteiger partial charge in [-0.3, -0.25) is 14.6 Å². The Bertz CT molecular complexity index is 1110. The average molecular weight is 411 g/mol. The Labute approximate surface area is 171 Å². The summed E-state index contributed by atoms with van der Waals surface area (Å²) in [7, 11) is 0. The van der Waals surface area contributed by atoms with Crippen LogP contribution >= 0.6 is 0 Å². The number of alkyl halides is 2. The van der Waals surface area contributed by atoms with Gasteiger partial charge in [0.1, 0.15) is 11.7 Å². The smallest absolute Gasteiger partial charge is 0.285 e. The van der Waals surface area contributed by atoms with Crippen LogP contribution in [0.5, 0.6) is 0 Å². The van der Waals surface area contributed by atoms with Gasteiger partial charge in [-0.25, -0.2) is 18.7 Å². The first-order chi connectivity index (χ1) is 14.4. The predicted molar refractivity (Wildman–Crippen MR) is 104 cm³/mol. The lowest BCUT2D eigenvalue weighted by molar-refractivity contribution is -0.126. The number of carbonyl (C=O) groups excluding carboxylic acids is 2. The van der Waals surface area contributed by atoms with Crippen molar-refractivity contribution in [2.24, 2.45) is 0 Å². The van der Waals surface area contributed by atoms with Gasteiger partial charge in [0.2, 0.25) is 5.92 Å². The molecule has 3 aliphatic heterocycles. The third kappa shape index (κ3) is 3.01. The van der Waals surface area contributed by atoms with Gasteiger partial charge in [0.25, 0.3) is 11.8 Å². The number of amides is 2. The molecule has 1 unspecified atom stereocenters. The van der Waals surface area contributed by atoms with Crippen molar-refractivity contribution in [3.8, 4) is 0 Å². The molecule has 1 atom stereocenters. The fraction of sp³-hybridized carbons (Fsp3) is 0.333. The van der Waals surface area contributed by atoms with Gasteiger partial charge in [-0.1, -0.05) is 12.1 Å². The number of fused-ring (bicyclic) bond motifs is 2.